The predicted octanol–water partition coefficient (Wildman–Crippen LogP) is 3.86. The summed E-state index contributed by atoms with van der Waals surface area (Å²) in [5.41, 5.74) is 3.34. The number of aromatic amines is 1. The van der Waals surface area contributed by atoms with Crippen molar-refractivity contribution in [2.75, 3.05) is 0 Å². The van der Waals surface area contributed by atoms with E-state index in [9.17, 15) is 4.79 Å². The molecule has 1 heterocycles. The average molecular weight is 285 g/mol. The van der Waals surface area contributed by atoms with E-state index in [1.54, 1.807) is 6.07 Å². The van der Waals surface area contributed by atoms with E-state index in [0.29, 0.717) is 21.7 Å². The molecule has 3 rings (SSSR count). The maximum Gasteiger partial charge on any atom is 0.259 e. The number of para-hydroxylation sites is 1. The van der Waals surface area contributed by atoms with Gasteiger partial charge >= 0.3 is 0 Å². The summed E-state index contributed by atoms with van der Waals surface area (Å²) >= 11 is 6.25. The van der Waals surface area contributed by atoms with Crippen molar-refractivity contribution in [1.82, 2.24) is 9.97 Å². The van der Waals surface area contributed by atoms with Crippen LogP contribution in [0.5, 0.6) is 0 Å². The molecule has 4 heteroatoms. The Balaban J connectivity index is 2.32. The summed E-state index contributed by atoms with van der Waals surface area (Å²) in [7, 11) is 0. The van der Waals surface area contributed by atoms with Gasteiger partial charge in [0.25, 0.3) is 5.56 Å². The Labute approximate surface area is 121 Å². The van der Waals surface area contributed by atoms with E-state index in [1.165, 1.54) is 0 Å². The standard InChI is InChI=1S/C16H13ClN2O/c1-9-6-7-11(13(17)8-9)15-18-14-10(2)4-3-5-12(14)16(20)19-15/h3-8H,1-2H3,(H,18,19,20). The smallest absolute Gasteiger partial charge is 0.259 e. The van der Waals surface area contributed by atoms with Crippen molar-refractivity contribution in [3.05, 3.63) is 62.9 Å². The fraction of sp³-hybridized carbons (Fsp3) is 0.125. The number of aryl methyl sites for hydroxylation is 2. The molecule has 0 fully saturated rings. The highest BCUT2D eigenvalue weighted by Gasteiger charge is 2.10. The minimum atomic E-state index is -0.148. The van der Waals surface area contributed by atoms with Gasteiger partial charge in [0.05, 0.1) is 15.9 Å². The van der Waals surface area contributed by atoms with Gasteiger partial charge in [-0.15, -0.1) is 0 Å². The van der Waals surface area contributed by atoms with Crippen LogP contribution in [0, 0.1) is 13.8 Å². The van der Waals surface area contributed by atoms with Crippen LogP contribution >= 0.6 is 11.6 Å². The molecule has 0 aliphatic rings. The van der Waals surface area contributed by atoms with E-state index < -0.39 is 0 Å². The van der Waals surface area contributed by atoms with Gasteiger partial charge in [-0.05, 0) is 43.2 Å². The van der Waals surface area contributed by atoms with E-state index in [1.807, 2.05) is 44.2 Å². The number of fused-ring (bicyclic) bond motifs is 1. The van der Waals surface area contributed by atoms with E-state index >= 15 is 0 Å². The van der Waals surface area contributed by atoms with Gasteiger partial charge in [0.1, 0.15) is 5.82 Å². The number of H-pyrrole nitrogens is 1. The number of rotatable bonds is 1. The number of nitrogens with one attached hydrogen (secondary N) is 1. The topological polar surface area (TPSA) is 45.8 Å². The molecule has 0 unspecified atom stereocenters. The van der Waals surface area contributed by atoms with Crippen molar-refractivity contribution in [2.24, 2.45) is 0 Å². The monoisotopic (exact) mass is 284 g/mol. The molecule has 0 bridgehead atoms. The first-order chi connectivity index (χ1) is 9.56. The normalized spacial score (nSPS) is 10.9. The van der Waals surface area contributed by atoms with Crippen LogP contribution in [0.3, 0.4) is 0 Å². The SMILES string of the molecule is Cc1ccc(-c2nc3c(C)cccc3c(=O)[nH]2)c(Cl)c1. The molecule has 0 atom stereocenters. The molecule has 0 spiro atoms. The Hall–Kier alpha value is -2.13. The molecule has 2 aromatic carbocycles. The van der Waals surface area contributed by atoms with Gasteiger partial charge in [-0.3, -0.25) is 4.79 Å². The molecule has 0 aliphatic heterocycles. The van der Waals surface area contributed by atoms with Crippen LogP contribution in [0.15, 0.2) is 41.2 Å². The molecule has 3 nitrogen and oxygen atoms in total. The first kappa shape index (κ1) is 12.9. The summed E-state index contributed by atoms with van der Waals surface area (Å²) in [4.78, 5) is 19.5. The van der Waals surface area contributed by atoms with Gasteiger partial charge in [0.2, 0.25) is 0 Å². The van der Waals surface area contributed by atoms with E-state index in [0.717, 1.165) is 16.7 Å². The number of hydrogen-bond donors (Lipinski definition) is 1. The minimum Gasteiger partial charge on any atom is -0.306 e. The first-order valence-electron chi connectivity index (χ1n) is 6.32. The van der Waals surface area contributed by atoms with Crippen LogP contribution in [0.2, 0.25) is 5.02 Å². The number of nitrogens with zero attached hydrogens (tertiary/aromatic N) is 1. The molecule has 100 valence electrons. The zero-order chi connectivity index (χ0) is 14.3. The maximum absolute atomic E-state index is 12.2. The predicted molar refractivity (Wildman–Crippen MR) is 82.3 cm³/mol. The summed E-state index contributed by atoms with van der Waals surface area (Å²) in [6.07, 6.45) is 0. The number of benzene rings is 2. The minimum absolute atomic E-state index is 0.148. The summed E-state index contributed by atoms with van der Waals surface area (Å²) in [6, 6.07) is 11.2. The summed E-state index contributed by atoms with van der Waals surface area (Å²) < 4.78 is 0. The third-order valence-corrected chi connectivity index (χ3v) is 3.63. The lowest BCUT2D eigenvalue weighted by atomic mass is 10.1. The average Bonchev–Trinajstić information content (AvgIpc) is 2.40. The zero-order valence-electron chi connectivity index (χ0n) is 11.2. The third-order valence-electron chi connectivity index (χ3n) is 3.32. The molecule has 0 aliphatic carbocycles. The van der Waals surface area contributed by atoms with Gasteiger partial charge in [0, 0.05) is 5.56 Å². The molecule has 1 N–H and O–H groups in total. The molecule has 20 heavy (non-hydrogen) atoms. The number of aromatic nitrogens is 2. The van der Waals surface area contributed by atoms with Gasteiger partial charge < -0.3 is 4.98 Å². The highest BCUT2D eigenvalue weighted by Crippen LogP contribution is 2.26. The second-order valence-electron chi connectivity index (χ2n) is 4.87. The fourth-order valence-electron chi connectivity index (χ4n) is 2.24. The number of halogens is 1. The highest BCUT2D eigenvalue weighted by molar-refractivity contribution is 6.33. The maximum atomic E-state index is 12.2. The second kappa shape index (κ2) is 4.76. The molecule has 0 saturated carbocycles. The molecular weight excluding hydrogens is 272 g/mol. The summed E-state index contributed by atoms with van der Waals surface area (Å²) in [6.45, 7) is 3.91. The lowest BCUT2D eigenvalue weighted by molar-refractivity contribution is 1.17. The van der Waals surface area contributed by atoms with Gasteiger partial charge in [0.15, 0.2) is 0 Å². The molecule has 0 radical (unpaired) electrons. The van der Waals surface area contributed by atoms with Gasteiger partial charge in [-0.1, -0.05) is 29.8 Å². The van der Waals surface area contributed by atoms with Crippen LogP contribution in [0.4, 0.5) is 0 Å². The quantitative estimate of drug-likeness (QED) is 0.737. The summed E-state index contributed by atoms with van der Waals surface area (Å²) in [5.74, 6) is 0.502. The van der Waals surface area contributed by atoms with E-state index in [2.05, 4.69) is 9.97 Å². The van der Waals surface area contributed by atoms with Crippen LogP contribution in [0.25, 0.3) is 22.3 Å². The highest BCUT2D eigenvalue weighted by atomic mass is 35.5. The van der Waals surface area contributed by atoms with Crippen molar-refractivity contribution in [3.63, 3.8) is 0 Å². The Morgan fingerprint density at radius 1 is 1.15 bits per heavy atom. The zero-order valence-corrected chi connectivity index (χ0v) is 12.0. The van der Waals surface area contributed by atoms with Gasteiger partial charge in [-0.25, -0.2) is 4.98 Å². The number of hydrogen-bond acceptors (Lipinski definition) is 2. The van der Waals surface area contributed by atoms with Crippen LogP contribution in [0.1, 0.15) is 11.1 Å². The molecular formula is C16H13ClN2O. The Kier molecular flexibility index (Phi) is 3.07. The van der Waals surface area contributed by atoms with Crippen molar-refractivity contribution >= 4 is 22.5 Å². The van der Waals surface area contributed by atoms with E-state index in [4.69, 9.17) is 11.6 Å². The van der Waals surface area contributed by atoms with Gasteiger partial charge in [-0.2, -0.15) is 0 Å². The lowest BCUT2D eigenvalue weighted by Crippen LogP contribution is -2.10. The van der Waals surface area contributed by atoms with Crippen molar-refractivity contribution in [3.8, 4) is 11.4 Å². The molecule has 3 aromatic rings. The van der Waals surface area contributed by atoms with Crippen molar-refractivity contribution < 1.29 is 0 Å². The Bertz CT molecular complexity index is 868. The van der Waals surface area contributed by atoms with Crippen LogP contribution < -0.4 is 5.56 Å². The van der Waals surface area contributed by atoms with Crippen molar-refractivity contribution in [2.45, 2.75) is 13.8 Å². The molecule has 0 amide bonds. The first-order valence-corrected chi connectivity index (χ1v) is 6.70. The Morgan fingerprint density at radius 3 is 2.70 bits per heavy atom. The van der Waals surface area contributed by atoms with E-state index in [-0.39, 0.29) is 5.56 Å². The van der Waals surface area contributed by atoms with Crippen LogP contribution in [-0.4, -0.2) is 9.97 Å². The summed E-state index contributed by atoms with van der Waals surface area (Å²) in [5, 5.41) is 1.18. The molecule has 1 aromatic heterocycles. The Morgan fingerprint density at radius 2 is 1.95 bits per heavy atom. The second-order valence-corrected chi connectivity index (χ2v) is 5.28. The third kappa shape index (κ3) is 2.10. The molecule has 0 saturated heterocycles. The lowest BCUT2D eigenvalue weighted by Gasteiger charge is -2.07. The van der Waals surface area contributed by atoms with Crippen LogP contribution in [-0.2, 0) is 0 Å². The van der Waals surface area contributed by atoms with Crippen molar-refractivity contribution in [1.29, 1.82) is 0 Å². The largest absolute Gasteiger partial charge is 0.306 e. The fourth-order valence-corrected chi connectivity index (χ4v) is 2.57.